The molecule has 0 saturated heterocycles. The highest BCUT2D eigenvalue weighted by Gasteiger charge is 2.12. The van der Waals surface area contributed by atoms with Crippen molar-refractivity contribution in [1.29, 1.82) is 0 Å². The van der Waals surface area contributed by atoms with Gasteiger partial charge in [-0.15, -0.1) is 0 Å². The first-order valence-corrected chi connectivity index (χ1v) is 7.93. The summed E-state index contributed by atoms with van der Waals surface area (Å²) in [5, 5.41) is 0.698. The van der Waals surface area contributed by atoms with Crippen LogP contribution in [-0.2, 0) is 13.2 Å². The molecule has 3 N–H and O–H groups in total. The maximum Gasteiger partial charge on any atom is 0.162 e. The van der Waals surface area contributed by atoms with E-state index in [4.69, 9.17) is 21.1 Å². The molecule has 0 heterocycles. The van der Waals surface area contributed by atoms with Gasteiger partial charge in [-0.25, -0.2) is 0 Å². The molecule has 2 rings (SSSR count). The third-order valence-corrected chi connectivity index (χ3v) is 4.13. The predicted molar refractivity (Wildman–Crippen MR) is 87.7 cm³/mol. The Kier molecular flexibility index (Phi) is 5.91. The van der Waals surface area contributed by atoms with Crippen LogP contribution in [0.3, 0.4) is 0 Å². The van der Waals surface area contributed by atoms with Crippen LogP contribution in [0.15, 0.2) is 40.9 Å². The molecule has 3 nitrogen and oxygen atoms in total. The van der Waals surface area contributed by atoms with Crippen molar-refractivity contribution in [3.05, 3.63) is 57.0 Å². The van der Waals surface area contributed by atoms with E-state index in [0.29, 0.717) is 30.5 Å². The maximum atomic E-state index is 6.14. The van der Waals surface area contributed by atoms with E-state index in [0.717, 1.165) is 21.3 Å². The first-order valence-electron chi connectivity index (χ1n) is 6.76. The molecule has 5 heteroatoms. The predicted octanol–water partition coefficient (Wildman–Crippen LogP) is 3.82. The van der Waals surface area contributed by atoms with Gasteiger partial charge in [0.15, 0.2) is 11.5 Å². The van der Waals surface area contributed by atoms with E-state index in [9.17, 15) is 0 Å². The number of hydrogen-bond donors (Lipinski definition) is 1. The zero-order valence-corrected chi connectivity index (χ0v) is 14.2. The van der Waals surface area contributed by atoms with Gasteiger partial charge in [0, 0.05) is 20.6 Å². The average Bonchev–Trinajstić information content (AvgIpc) is 2.48. The Morgan fingerprint density at radius 2 is 1.81 bits per heavy atom. The highest BCUT2D eigenvalue weighted by atomic mass is 79.9. The Labute approximate surface area is 138 Å². The van der Waals surface area contributed by atoms with E-state index >= 15 is 0 Å². The van der Waals surface area contributed by atoms with Crippen molar-refractivity contribution in [2.45, 2.75) is 20.1 Å². The van der Waals surface area contributed by atoms with Gasteiger partial charge >= 0.3 is 0 Å². The van der Waals surface area contributed by atoms with Crippen LogP contribution in [0.4, 0.5) is 0 Å². The van der Waals surface area contributed by atoms with E-state index in [-0.39, 0.29) is 0 Å². The fraction of sp³-hybridized carbons (Fsp3) is 0.250. The summed E-state index contributed by atoms with van der Waals surface area (Å²) >= 11 is 9.67. The smallest absolute Gasteiger partial charge is 0.162 e. The Morgan fingerprint density at radius 3 is 2.48 bits per heavy atom. The molecule has 0 atom stereocenters. The lowest BCUT2D eigenvalue weighted by molar-refractivity contribution is -0.386. The summed E-state index contributed by atoms with van der Waals surface area (Å²) in [7, 11) is 0. The molecule has 0 bridgehead atoms. The Morgan fingerprint density at radius 1 is 1.10 bits per heavy atom. The highest BCUT2D eigenvalue weighted by Crippen LogP contribution is 2.34. The SMILES string of the molecule is CCOc1cc(C[NH3+])c(Br)cc1OCc1ccccc1Cl. The van der Waals surface area contributed by atoms with E-state index in [1.54, 1.807) is 0 Å². The second kappa shape index (κ2) is 7.69. The molecule has 21 heavy (non-hydrogen) atoms. The van der Waals surface area contributed by atoms with Gasteiger partial charge < -0.3 is 15.2 Å². The van der Waals surface area contributed by atoms with Gasteiger partial charge in [-0.1, -0.05) is 45.7 Å². The summed E-state index contributed by atoms with van der Waals surface area (Å²) in [6.45, 7) is 3.62. The monoisotopic (exact) mass is 370 g/mol. The Bertz CT molecular complexity index is 619. The highest BCUT2D eigenvalue weighted by molar-refractivity contribution is 9.10. The number of rotatable bonds is 6. The second-order valence-electron chi connectivity index (χ2n) is 4.45. The normalized spacial score (nSPS) is 10.5. The first kappa shape index (κ1) is 16.1. The molecule has 0 aromatic heterocycles. The van der Waals surface area contributed by atoms with Crippen LogP contribution in [0.25, 0.3) is 0 Å². The van der Waals surface area contributed by atoms with Crippen LogP contribution in [0.2, 0.25) is 5.02 Å². The molecular weight excluding hydrogens is 354 g/mol. The van der Waals surface area contributed by atoms with Gasteiger partial charge in [-0.3, -0.25) is 0 Å². The molecule has 0 aliphatic rings. The van der Waals surface area contributed by atoms with Crippen LogP contribution in [-0.4, -0.2) is 6.61 Å². The summed E-state index contributed by atoms with van der Waals surface area (Å²) in [6.07, 6.45) is 0. The van der Waals surface area contributed by atoms with Crippen LogP contribution < -0.4 is 15.2 Å². The van der Waals surface area contributed by atoms with E-state index in [2.05, 4.69) is 21.7 Å². The minimum absolute atomic E-state index is 0.399. The number of quaternary nitrogens is 1. The summed E-state index contributed by atoms with van der Waals surface area (Å²) in [6, 6.07) is 11.5. The molecular formula is C16H18BrClNO2+. The lowest BCUT2D eigenvalue weighted by Crippen LogP contribution is -2.47. The lowest BCUT2D eigenvalue weighted by atomic mass is 10.2. The quantitative estimate of drug-likeness (QED) is 0.839. The minimum Gasteiger partial charge on any atom is -0.490 e. The molecule has 0 radical (unpaired) electrons. The van der Waals surface area contributed by atoms with Crippen molar-refractivity contribution in [2.24, 2.45) is 0 Å². The standard InChI is InChI=1S/C16H17BrClNO2/c1-2-20-15-7-12(9-19)13(17)8-16(15)21-10-11-5-3-4-6-14(11)18/h3-8H,2,9-10,19H2,1H3/p+1. The molecule has 2 aromatic carbocycles. The molecule has 0 aliphatic heterocycles. The van der Waals surface area contributed by atoms with Crippen molar-refractivity contribution in [3.8, 4) is 11.5 Å². The van der Waals surface area contributed by atoms with Gasteiger partial charge in [-0.05, 0) is 25.1 Å². The van der Waals surface area contributed by atoms with Crippen molar-refractivity contribution >= 4 is 27.5 Å². The van der Waals surface area contributed by atoms with Crippen molar-refractivity contribution < 1.29 is 15.2 Å². The minimum atomic E-state index is 0.399. The summed E-state index contributed by atoms with van der Waals surface area (Å²) in [4.78, 5) is 0. The van der Waals surface area contributed by atoms with Crippen molar-refractivity contribution in [2.75, 3.05) is 6.61 Å². The van der Waals surface area contributed by atoms with Crippen LogP contribution in [0, 0.1) is 0 Å². The summed E-state index contributed by atoms with van der Waals surface area (Å²) < 4.78 is 12.5. The summed E-state index contributed by atoms with van der Waals surface area (Å²) in [5.41, 5.74) is 5.94. The van der Waals surface area contributed by atoms with E-state index < -0.39 is 0 Å². The molecule has 0 fully saturated rings. The molecule has 0 amide bonds. The van der Waals surface area contributed by atoms with Crippen molar-refractivity contribution in [1.82, 2.24) is 0 Å². The first-order chi connectivity index (χ1) is 10.2. The second-order valence-corrected chi connectivity index (χ2v) is 5.71. The third-order valence-electron chi connectivity index (χ3n) is 3.02. The zero-order chi connectivity index (χ0) is 15.2. The van der Waals surface area contributed by atoms with Gasteiger partial charge in [0.1, 0.15) is 13.2 Å². The van der Waals surface area contributed by atoms with Gasteiger partial charge in [-0.2, -0.15) is 0 Å². The van der Waals surface area contributed by atoms with E-state index in [1.807, 2.05) is 43.3 Å². The van der Waals surface area contributed by atoms with Crippen LogP contribution in [0.5, 0.6) is 11.5 Å². The number of ether oxygens (including phenoxy) is 2. The molecule has 2 aromatic rings. The largest absolute Gasteiger partial charge is 0.490 e. The number of benzene rings is 2. The molecule has 0 saturated carbocycles. The van der Waals surface area contributed by atoms with Gasteiger partial charge in [0.05, 0.1) is 6.61 Å². The van der Waals surface area contributed by atoms with Crippen LogP contribution in [0.1, 0.15) is 18.1 Å². The lowest BCUT2D eigenvalue weighted by Gasteiger charge is -2.14. The third kappa shape index (κ3) is 4.13. The molecule has 0 unspecified atom stereocenters. The fourth-order valence-corrected chi connectivity index (χ4v) is 2.63. The molecule has 112 valence electrons. The fourth-order valence-electron chi connectivity index (χ4n) is 1.92. The Balaban J connectivity index is 2.22. The Hall–Kier alpha value is -1.23. The van der Waals surface area contributed by atoms with Gasteiger partial charge in [0.2, 0.25) is 0 Å². The van der Waals surface area contributed by atoms with E-state index in [1.165, 1.54) is 0 Å². The van der Waals surface area contributed by atoms with Gasteiger partial charge in [0.25, 0.3) is 0 Å². The maximum absolute atomic E-state index is 6.14. The zero-order valence-electron chi connectivity index (χ0n) is 11.9. The molecule has 0 spiro atoms. The average molecular weight is 372 g/mol. The van der Waals surface area contributed by atoms with Crippen molar-refractivity contribution in [3.63, 3.8) is 0 Å². The molecule has 0 aliphatic carbocycles. The number of hydrogen-bond acceptors (Lipinski definition) is 2. The summed E-state index contributed by atoms with van der Waals surface area (Å²) in [5.74, 6) is 1.42. The number of halogens is 2. The van der Waals surface area contributed by atoms with Crippen LogP contribution >= 0.6 is 27.5 Å². The topological polar surface area (TPSA) is 46.1 Å².